The Morgan fingerprint density at radius 1 is 0.946 bits per heavy atom. The quantitative estimate of drug-likeness (QED) is 0.332. The van der Waals surface area contributed by atoms with Gasteiger partial charge in [-0.05, 0) is 49.0 Å². The number of anilines is 3. The molecule has 0 saturated carbocycles. The maximum absolute atomic E-state index is 12.5. The number of carbonyl (C=O) groups is 1. The lowest BCUT2D eigenvalue weighted by molar-refractivity contribution is -0.117. The third kappa shape index (κ3) is 7.12. The number of carbonyl (C=O) groups excluding carboxylic acids is 1. The molecule has 1 aliphatic heterocycles. The summed E-state index contributed by atoms with van der Waals surface area (Å²) >= 11 is 3.05. The number of aromatic nitrogens is 4. The van der Waals surface area contributed by atoms with Gasteiger partial charge in [-0.2, -0.15) is 15.0 Å². The van der Waals surface area contributed by atoms with Gasteiger partial charge in [0.1, 0.15) is 5.78 Å². The van der Waals surface area contributed by atoms with Crippen molar-refractivity contribution in [3.63, 3.8) is 0 Å². The number of thiazole rings is 1. The summed E-state index contributed by atoms with van der Waals surface area (Å²) in [5.41, 5.74) is 2.04. The molecule has 2 aromatic heterocycles. The van der Waals surface area contributed by atoms with Gasteiger partial charge in [0.05, 0.1) is 0 Å². The summed E-state index contributed by atoms with van der Waals surface area (Å²) in [5.74, 6) is 1.36. The first-order valence-corrected chi connectivity index (χ1v) is 13.8. The number of rotatable bonds is 9. The van der Waals surface area contributed by atoms with Crippen LogP contribution in [0.4, 0.5) is 17.0 Å². The molecule has 1 saturated heterocycles. The highest BCUT2D eigenvalue weighted by Crippen LogP contribution is 2.29. The van der Waals surface area contributed by atoms with Gasteiger partial charge in [-0.15, -0.1) is 11.3 Å². The molecule has 10 heteroatoms. The second-order valence-electron chi connectivity index (χ2n) is 9.06. The highest BCUT2D eigenvalue weighted by Gasteiger charge is 2.19. The number of piperazine rings is 1. The topological polar surface area (TPSA) is 87.1 Å². The van der Waals surface area contributed by atoms with E-state index in [4.69, 9.17) is 9.97 Å². The van der Waals surface area contributed by atoms with Crippen molar-refractivity contribution in [2.75, 3.05) is 43.4 Å². The molecule has 0 radical (unpaired) electrons. The Bertz CT molecular complexity index is 1340. The number of likely N-dealkylation sites (N-methyl/N-ethyl adjacent to an activating group) is 1. The van der Waals surface area contributed by atoms with Crippen molar-refractivity contribution >= 4 is 45.9 Å². The van der Waals surface area contributed by atoms with Crippen LogP contribution in [0.2, 0.25) is 0 Å². The van der Waals surface area contributed by atoms with E-state index < -0.39 is 0 Å². The summed E-state index contributed by atoms with van der Waals surface area (Å²) in [4.78, 5) is 37.7. The summed E-state index contributed by atoms with van der Waals surface area (Å²) in [6.07, 6.45) is 2.70. The minimum atomic E-state index is 0.203. The van der Waals surface area contributed by atoms with Gasteiger partial charge >= 0.3 is 0 Å². The fourth-order valence-electron chi connectivity index (χ4n) is 4.00. The van der Waals surface area contributed by atoms with Gasteiger partial charge in [0.2, 0.25) is 11.9 Å². The molecule has 190 valence electrons. The van der Waals surface area contributed by atoms with E-state index in [-0.39, 0.29) is 5.78 Å². The Labute approximate surface area is 225 Å². The van der Waals surface area contributed by atoms with Crippen molar-refractivity contribution in [1.82, 2.24) is 24.8 Å². The number of hydrogen-bond donors (Lipinski definition) is 1. The van der Waals surface area contributed by atoms with Crippen LogP contribution in [-0.4, -0.2) is 63.8 Å². The molecular weight excluding hydrogens is 502 g/mol. The average molecular weight is 532 g/mol. The van der Waals surface area contributed by atoms with Crippen LogP contribution in [0.1, 0.15) is 16.0 Å². The summed E-state index contributed by atoms with van der Waals surface area (Å²) in [6.45, 7) is 5.68. The highest BCUT2D eigenvalue weighted by atomic mass is 32.2. The van der Waals surface area contributed by atoms with Gasteiger partial charge in [0.15, 0.2) is 10.3 Å². The summed E-state index contributed by atoms with van der Waals surface area (Å²) in [5, 5.41) is 4.62. The predicted molar refractivity (Wildman–Crippen MR) is 149 cm³/mol. The van der Waals surface area contributed by atoms with Crippen LogP contribution < -0.4 is 10.2 Å². The number of nitrogens with zero attached hydrogens (tertiary/aromatic N) is 6. The predicted octanol–water partition coefficient (Wildman–Crippen LogP) is 4.64. The number of aryl methyl sites for hydroxylation is 1. The standard InChI is InChI=1S/C27H29N7OS2/c1-19-18-28-26(36-19)30-24-29-25(34-14-12-33(2)13-15-34)32-27(31-24)37-23-10-8-21(9-11-23)17-22(35)16-20-6-4-3-5-7-20/h3-11,18H,12-17H2,1-2H3,(H,28,29,30,31,32). The fourth-order valence-corrected chi connectivity index (χ4v) is 5.40. The molecule has 0 atom stereocenters. The molecule has 8 nitrogen and oxygen atoms in total. The molecule has 2 aromatic carbocycles. The van der Waals surface area contributed by atoms with E-state index in [9.17, 15) is 4.79 Å². The van der Waals surface area contributed by atoms with Crippen molar-refractivity contribution in [3.8, 4) is 0 Å². The normalized spacial score (nSPS) is 14.1. The molecule has 3 heterocycles. The molecule has 0 bridgehead atoms. The number of benzene rings is 2. The molecule has 0 aliphatic carbocycles. The van der Waals surface area contributed by atoms with Crippen molar-refractivity contribution in [2.24, 2.45) is 0 Å². The molecule has 0 spiro atoms. The van der Waals surface area contributed by atoms with Crippen molar-refractivity contribution in [3.05, 3.63) is 76.8 Å². The van der Waals surface area contributed by atoms with Crippen LogP contribution in [0.5, 0.6) is 0 Å². The minimum Gasteiger partial charge on any atom is -0.338 e. The van der Waals surface area contributed by atoms with Gasteiger partial charge in [0, 0.05) is 55.0 Å². The maximum Gasteiger partial charge on any atom is 0.234 e. The molecule has 1 fully saturated rings. The van der Waals surface area contributed by atoms with E-state index in [1.807, 2.05) is 67.7 Å². The zero-order valence-electron chi connectivity index (χ0n) is 20.9. The van der Waals surface area contributed by atoms with Gasteiger partial charge in [0.25, 0.3) is 0 Å². The summed E-state index contributed by atoms with van der Waals surface area (Å²) in [6, 6.07) is 17.9. The van der Waals surface area contributed by atoms with Crippen LogP contribution >= 0.6 is 23.1 Å². The molecule has 5 rings (SSSR count). The summed E-state index contributed by atoms with van der Waals surface area (Å²) < 4.78 is 0. The second-order valence-corrected chi connectivity index (χ2v) is 11.3. The van der Waals surface area contributed by atoms with Crippen molar-refractivity contribution < 1.29 is 4.79 Å². The SMILES string of the molecule is Cc1cnc(Nc2nc(Sc3ccc(CC(=O)Cc4ccccc4)cc3)nc(N3CCN(C)CC3)n2)s1. The fraction of sp³-hybridized carbons (Fsp3) is 0.296. The van der Waals surface area contributed by atoms with Crippen LogP contribution in [0.3, 0.4) is 0 Å². The lowest BCUT2D eigenvalue weighted by atomic mass is 10.0. The van der Waals surface area contributed by atoms with Crippen LogP contribution in [0, 0.1) is 6.92 Å². The number of ketones is 1. The zero-order chi connectivity index (χ0) is 25.6. The molecule has 1 aliphatic rings. The Kier molecular flexibility index (Phi) is 8.08. The van der Waals surface area contributed by atoms with E-state index in [1.165, 1.54) is 11.8 Å². The van der Waals surface area contributed by atoms with E-state index in [2.05, 4.69) is 32.1 Å². The monoisotopic (exact) mass is 531 g/mol. The third-order valence-electron chi connectivity index (χ3n) is 6.01. The molecule has 1 N–H and O–H groups in total. The molecule has 4 aromatic rings. The van der Waals surface area contributed by atoms with Crippen LogP contribution in [-0.2, 0) is 17.6 Å². The number of Topliss-reactive ketones (excluding diaryl/α,β-unsaturated/α-hetero) is 1. The van der Waals surface area contributed by atoms with E-state index >= 15 is 0 Å². The molecular formula is C27H29N7OS2. The van der Waals surface area contributed by atoms with Gasteiger partial charge < -0.3 is 9.80 Å². The first-order valence-electron chi connectivity index (χ1n) is 12.2. The van der Waals surface area contributed by atoms with Crippen molar-refractivity contribution in [1.29, 1.82) is 0 Å². The largest absolute Gasteiger partial charge is 0.338 e. The highest BCUT2D eigenvalue weighted by molar-refractivity contribution is 7.99. The van der Waals surface area contributed by atoms with Crippen LogP contribution in [0.15, 0.2) is 70.8 Å². The van der Waals surface area contributed by atoms with E-state index in [0.717, 1.165) is 52.2 Å². The Morgan fingerprint density at radius 3 is 2.32 bits per heavy atom. The molecule has 0 amide bonds. The first kappa shape index (κ1) is 25.3. The smallest absolute Gasteiger partial charge is 0.234 e. The summed E-state index contributed by atoms with van der Waals surface area (Å²) in [7, 11) is 2.13. The third-order valence-corrected chi connectivity index (χ3v) is 7.71. The van der Waals surface area contributed by atoms with E-state index in [1.54, 1.807) is 11.3 Å². The Balaban J connectivity index is 1.29. The maximum atomic E-state index is 12.5. The molecule has 37 heavy (non-hydrogen) atoms. The Morgan fingerprint density at radius 2 is 1.65 bits per heavy atom. The van der Waals surface area contributed by atoms with Crippen LogP contribution in [0.25, 0.3) is 0 Å². The second kappa shape index (κ2) is 11.8. The lowest BCUT2D eigenvalue weighted by Gasteiger charge is -2.32. The molecule has 0 unspecified atom stereocenters. The zero-order valence-corrected chi connectivity index (χ0v) is 22.6. The lowest BCUT2D eigenvalue weighted by Crippen LogP contribution is -2.45. The van der Waals surface area contributed by atoms with Gasteiger partial charge in [-0.1, -0.05) is 42.5 Å². The number of hydrogen-bond acceptors (Lipinski definition) is 10. The van der Waals surface area contributed by atoms with Gasteiger partial charge in [-0.25, -0.2) is 4.98 Å². The van der Waals surface area contributed by atoms with Crippen molar-refractivity contribution in [2.45, 2.75) is 29.8 Å². The van der Waals surface area contributed by atoms with Gasteiger partial charge in [-0.3, -0.25) is 10.1 Å². The Hall–Kier alpha value is -3.34. The average Bonchev–Trinajstić information content (AvgIpc) is 3.30. The first-order chi connectivity index (χ1) is 18.0. The number of nitrogens with one attached hydrogen (secondary N) is 1. The van der Waals surface area contributed by atoms with E-state index in [0.29, 0.717) is 29.9 Å². The minimum absolute atomic E-state index is 0.203.